The number of hydrogen-bond acceptors (Lipinski definition) is 3. The van der Waals surface area contributed by atoms with Crippen molar-refractivity contribution in [1.29, 1.82) is 0 Å². The molecule has 1 heterocycles. The summed E-state index contributed by atoms with van der Waals surface area (Å²) in [4.78, 5) is 14.7. The second kappa shape index (κ2) is 4.45. The minimum Gasteiger partial charge on any atom is -0.481 e. The van der Waals surface area contributed by atoms with Gasteiger partial charge in [-0.15, -0.1) is 0 Å². The third-order valence-corrected chi connectivity index (χ3v) is 1.81. The first kappa shape index (κ1) is 9.51. The Morgan fingerprint density at radius 1 is 1.77 bits per heavy atom. The Balaban J connectivity index is 2.79. The van der Waals surface area contributed by atoms with E-state index in [0.717, 1.165) is 0 Å². The van der Waals surface area contributed by atoms with E-state index in [1.54, 1.807) is 24.7 Å². The molecular weight excluding hydrogens is 168 g/mol. The zero-order valence-corrected chi connectivity index (χ0v) is 7.40. The summed E-state index contributed by atoms with van der Waals surface area (Å²) in [7, 11) is 0. The summed E-state index contributed by atoms with van der Waals surface area (Å²) in [5.74, 6) is -1.33. The first-order valence-electron chi connectivity index (χ1n) is 4.13. The van der Waals surface area contributed by atoms with Gasteiger partial charge in [-0.2, -0.15) is 0 Å². The fourth-order valence-electron chi connectivity index (χ4n) is 1.12. The van der Waals surface area contributed by atoms with Crippen molar-refractivity contribution in [3.63, 3.8) is 0 Å². The van der Waals surface area contributed by atoms with Crippen LogP contribution in [0.2, 0.25) is 0 Å². The van der Waals surface area contributed by atoms with Crippen molar-refractivity contribution in [2.45, 2.75) is 13.3 Å². The topological polar surface area (TPSA) is 61.7 Å². The number of rotatable bonds is 3. The average molecular weight is 180 g/mol. The Labute approximate surface area is 76.7 Å². The number of hydrogen-bond donors (Lipinski definition) is 2. The maximum absolute atomic E-state index is 10.8. The molecule has 0 aliphatic carbocycles. The maximum atomic E-state index is 10.8. The third-order valence-electron chi connectivity index (χ3n) is 1.81. The van der Waals surface area contributed by atoms with E-state index in [1.165, 1.54) is 0 Å². The highest BCUT2D eigenvalue weighted by atomic mass is 16.4. The van der Waals surface area contributed by atoms with Crippen molar-refractivity contribution >= 4 is 12.2 Å². The molecule has 1 unspecified atom stereocenters. The lowest BCUT2D eigenvalue weighted by atomic mass is 10.0. The van der Waals surface area contributed by atoms with Gasteiger partial charge in [0, 0.05) is 24.3 Å². The average Bonchev–Trinajstić information content (AvgIpc) is 2.33. The van der Waals surface area contributed by atoms with E-state index in [0.29, 0.717) is 12.1 Å². The van der Waals surface area contributed by atoms with Crippen molar-refractivity contribution in [1.82, 2.24) is 5.32 Å². The van der Waals surface area contributed by atoms with Crippen LogP contribution >= 0.6 is 0 Å². The van der Waals surface area contributed by atoms with Crippen LogP contribution in [0.25, 0.3) is 0 Å². The molecule has 1 atom stereocenters. The Bertz CT molecular complexity index is 279. The molecule has 4 heteroatoms. The second-order valence-corrected chi connectivity index (χ2v) is 2.69. The van der Waals surface area contributed by atoms with Crippen molar-refractivity contribution in [3.05, 3.63) is 24.2 Å². The summed E-state index contributed by atoms with van der Waals surface area (Å²) in [6.45, 7) is 1.83. The minimum atomic E-state index is -0.827. The number of aliphatic imine (C=N–C) groups is 1. The van der Waals surface area contributed by atoms with Crippen molar-refractivity contribution < 1.29 is 9.90 Å². The van der Waals surface area contributed by atoms with Crippen LogP contribution < -0.4 is 5.32 Å². The van der Waals surface area contributed by atoms with Gasteiger partial charge in [0.1, 0.15) is 0 Å². The zero-order chi connectivity index (χ0) is 9.68. The van der Waals surface area contributed by atoms with Gasteiger partial charge in [0.25, 0.3) is 0 Å². The summed E-state index contributed by atoms with van der Waals surface area (Å²) in [6.07, 6.45) is 7.10. The van der Waals surface area contributed by atoms with Crippen LogP contribution in [0.5, 0.6) is 0 Å². The van der Waals surface area contributed by atoms with Gasteiger partial charge >= 0.3 is 5.97 Å². The first-order chi connectivity index (χ1) is 6.25. The molecule has 0 saturated heterocycles. The number of carboxylic acid groups (broad SMARTS) is 1. The van der Waals surface area contributed by atoms with Crippen LogP contribution in [0.3, 0.4) is 0 Å². The monoisotopic (exact) mass is 180 g/mol. The largest absolute Gasteiger partial charge is 0.481 e. The van der Waals surface area contributed by atoms with Crippen LogP contribution in [-0.4, -0.2) is 17.3 Å². The van der Waals surface area contributed by atoms with Crippen LogP contribution in [0.4, 0.5) is 0 Å². The van der Waals surface area contributed by atoms with Gasteiger partial charge < -0.3 is 10.4 Å². The van der Waals surface area contributed by atoms with Gasteiger partial charge in [0.2, 0.25) is 0 Å². The summed E-state index contributed by atoms with van der Waals surface area (Å²) < 4.78 is 0. The fraction of sp³-hybridized carbons (Fsp3) is 0.333. The van der Waals surface area contributed by atoms with Crippen LogP contribution in [0.15, 0.2) is 29.2 Å². The van der Waals surface area contributed by atoms with E-state index >= 15 is 0 Å². The predicted molar refractivity (Wildman–Crippen MR) is 50.3 cm³/mol. The van der Waals surface area contributed by atoms with E-state index in [-0.39, 0.29) is 0 Å². The first-order valence-corrected chi connectivity index (χ1v) is 4.13. The molecule has 0 bridgehead atoms. The van der Waals surface area contributed by atoms with Crippen molar-refractivity contribution in [2.24, 2.45) is 10.9 Å². The molecule has 1 rings (SSSR count). The molecular formula is C9H12N2O2. The lowest BCUT2D eigenvalue weighted by molar-refractivity contribution is -0.140. The van der Waals surface area contributed by atoms with E-state index in [1.807, 2.05) is 6.92 Å². The van der Waals surface area contributed by atoms with E-state index in [9.17, 15) is 4.79 Å². The normalized spacial score (nSPS) is 17.2. The molecule has 4 nitrogen and oxygen atoms in total. The van der Waals surface area contributed by atoms with Crippen molar-refractivity contribution in [3.8, 4) is 0 Å². The number of carbonyl (C=O) groups is 1. The molecule has 0 amide bonds. The molecule has 0 radical (unpaired) electrons. The van der Waals surface area contributed by atoms with Gasteiger partial charge in [-0.05, 0) is 12.5 Å². The summed E-state index contributed by atoms with van der Waals surface area (Å²) in [5.41, 5.74) is 0.625. The highest BCUT2D eigenvalue weighted by molar-refractivity contribution is 5.75. The third kappa shape index (κ3) is 2.43. The van der Waals surface area contributed by atoms with Gasteiger partial charge in [-0.1, -0.05) is 6.92 Å². The molecule has 13 heavy (non-hydrogen) atoms. The van der Waals surface area contributed by atoms with Crippen LogP contribution in [0.1, 0.15) is 13.3 Å². The maximum Gasteiger partial charge on any atom is 0.312 e. The van der Waals surface area contributed by atoms with E-state index < -0.39 is 11.9 Å². The number of aliphatic carboxylic acids is 1. The van der Waals surface area contributed by atoms with Gasteiger partial charge in [0.15, 0.2) is 0 Å². The highest BCUT2D eigenvalue weighted by Gasteiger charge is 2.19. The van der Waals surface area contributed by atoms with Crippen LogP contribution in [-0.2, 0) is 4.79 Å². The molecule has 2 N–H and O–H groups in total. The lowest BCUT2D eigenvalue weighted by Crippen LogP contribution is -2.22. The predicted octanol–water partition coefficient (Wildman–Crippen LogP) is 1.13. The van der Waals surface area contributed by atoms with Crippen LogP contribution in [0, 0.1) is 5.92 Å². The van der Waals surface area contributed by atoms with E-state index in [4.69, 9.17) is 5.11 Å². The summed E-state index contributed by atoms with van der Waals surface area (Å²) in [5, 5.41) is 11.7. The fourth-order valence-corrected chi connectivity index (χ4v) is 1.12. The Morgan fingerprint density at radius 2 is 2.54 bits per heavy atom. The smallest absolute Gasteiger partial charge is 0.312 e. The van der Waals surface area contributed by atoms with Gasteiger partial charge in [-0.25, -0.2) is 0 Å². The Morgan fingerprint density at radius 3 is 3.15 bits per heavy atom. The molecule has 1 aliphatic heterocycles. The van der Waals surface area contributed by atoms with E-state index in [2.05, 4.69) is 10.3 Å². The quantitative estimate of drug-likeness (QED) is 0.684. The SMILES string of the molecule is CCC(C(=O)O)C1=CN=CC=CN1. The molecule has 0 fully saturated rings. The minimum absolute atomic E-state index is 0.500. The number of carboxylic acids is 1. The molecule has 0 spiro atoms. The molecule has 0 aromatic heterocycles. The number of nitrogens with zero attached hydrogens (tertiary/aromatic N) is 1. The highest BCUT2D eigenvalue weighted by Crippen LogP contribution is 2.13. The molecule has 1 aliphatic rings. The summed E-state index contributed by atoms with van der Waals surface area (Å²) in [6, 6.07) is 0. The van der Waals surface area contributed by atoms with Crippen molar-refractivity contribution in [2.75, 3.05) is 0 Å². The zero-order valence-electron chi connectivity index (χ0n) is 7.40. The van der Waals surface area contributed by atoms with Gasteiger partial charge in [0.05, 0.1) is 5.92 Å². The number of nitrogens with one attached hydrogen (secondary N) is 1. The molecule has 70 valence electrons. The number of allylic oxidation sites excluding steroid dienone is 1. The molecule has 0 aromatic rings. The standard InChI is InChI=1S/C9H12N2O2/c1-2-7(9(12)13)8-6-10-4-3-5-11-8/h3-7,11H,2H2,1H3,(H,12,13). The lowest BCUT2D eigenvalue weighted by Gasteiger charge is -2.12. The Hall–Kier alpha value is -1.58. The molecule has 0 aromatic carbocycles. The van der Waals surface area contributed by atoms with Gasteiger partial charge in [-0.3, -0.25) is 9.79 Å². The molecule has 0 saturated carbocycles. The Kier molecular flexibility index (Phi) is 3.25. The summed E-state index contributed by atoms with van der Waals surface area (Å²) >= 11 is 0. The second-order valence-electron chi connectivity index (χ2n) is 2.69.